The van der Waals surface area contributed by atoms with Crippen LogP contribution in [0.25, 0.3) is 0 Å². The lowest BCUT2D eigenvalue weighted by molar-refractivity contribution is -0.114. The van der Waals surface area contributed by atoms with Crippen molar-refractivity contribution in [3.05, 3.63) is 100 Å². The van der Waals surface area contributed by atoms with Crippen LogP contribution in [0, 0.1) is 5.92 Å². The lowest BCUT2D eigenvalue weighted by Gasteiger charge is -2.27. The number of amides is 2. The molecule has 7 nitrogen and oxygen atoms in total. The summed E-state index contributed by atoms with van der Waals surface area (Å²) in [5.41, 5.74) is 6.16. The van der Waals surface area contributed by atoms with Gasteiger partial charge in [-0.15, -0.1) is 0 Å². The van der Waals surface area contributed by atoms with Crippen molar-refractivity contribution in [3.63, 3.8) is 0 Å². The van der Waals surface area contributed by atoms with Gasteiger partial charge in [-0.1, -0.05) is 95.2 Å². The topological polar surface area (TPSA) is 71.1 Å². The highest BCUT2D eigenvalue weighted by Gasteiger charge is 2.23. The third-order valence-electron chi connectivity index (χ3n) is 8.56. The molecule has 0 aliphatic carbocycles. The average Bonchev–Trinajstić information content (AvgIpc) is 3.10. The number of carbonyl (C=O) groups is 2. The van der Waals surface area contributed by atoms with E-state index >= 15 is 0 Å². The van der Waals surface area contributed by atoms with Gasteiger partial charge in [0.2, 0.25) is 0 Å². The van der Waals surface area contributed by atoms with Crippen LogP contribution >= 0.6 is 0 Å². The van der Waals surface area contributed by atoms with Crippen LogP contribution in [0.4, 0.5) is 10.5 Å². The van der Waals surface area contributed by atoms with Gasteiger partial charge in [-0.25, -0.2) is 4.79 Å². The summed E-state index contributed by atoms with van der Waals surface area (Å²) in [5.74, 6) is 0.490. The summed E-state index contributed by atoms with van der Waals surface area (Å²) in [6.45, 7) is 26.6. The number of nitrogens with zero attached hydrogens (tertiary/aromatic N) is 2. The lowest BCUT2D eigenvalue weighted by Crippen LogP contribution is -2.35. The molecule has 0 bridgehead atoms. The molecule has 0 aliphatic heterocycles. The van der Waals surface area contributed by atoms with Gasteiger partial charge < -0.3 is 24.6 Å². The molecule has 2 unspecified atom stereocenters. The molecule has 2 atom stereocenters. The van der Waals surface area contributed by atoms with Gasteiger partial charge >= 0.3 is 6.09 Å². The van der Waals surface area contributed by atoms with E-state index in [9.17, 15) is 9.59 Å². The smallest absolute Gasteiger partial charge is 0.410 e. The van der Waals surface area contributed by atoms with Crippen LogP contribution in [0.2, 0.25) is 0 Å². The number of allylic oxidation sites excluding steroid dienone is 4. The molecule has 1 N–H and O–H groups in total. The minimum atomic E-state index is -0.558. The average molecular weight is 704 g/mol. The fourth-order valence-electron chi connectivity index (χ4n) is 5.24. The van der Waals surface area contributed by atoms with E-state index < -0.39 is 5.60 Å². The molecule has 0 heterocycles. The molecule has 284 valence electrons. The maximum atomic E-state index is 14.5. The van der Waals surface area contributed by atoms with E-state index in [-0.39, 0.29) is 18.1 Å². The Morgan fingerprint density at radius 1 is 0.902 bits per heavy atom. The van der Waals surface area contributed by atoms with Crippen LogP contribution in [-0.2, 0) is 20.9 Å². The SMILES string of the molecule is CC.CCN/C(C)=C/C(C)=C(\C=C(\C)CC)C(=O)N(CCC(C)CC)c1cccc(COC(CCN(C)C(=O)OC(C)(C)C)c2ccccc2)c1. The number of carbonyl (C=O) groups excluding carboxylic acids is 2. The van der Waals surface area contributed by atoms with Crippen LogP contribution in [0.15, 0.2) is 89.2 Å². The van der Waals surface area contributed by atoms with Crippen LogP contribution in [0.5, 0.6) is 0 Å². The minimum Gasteiger partial charge on any atom is -0.444 e. The number of anilines is 1. The van der Waals surface area contributed by atoms with E-state index in [2.05, 4.69) is 70.3 Å². The van der Waals surface area contributed by atoms with Crippen molar-refractivity contribution in [2.75, 3.05) is 31.6 Å². The van der Waals surface area contributed by atoms with Gasteiger partial charge in [-0.05, 0) is 109 Å². The summed E-state index contributed by atoms with van der Waals surface area (Å²) in [5, 5.41) is 3.36. The van der Waals surface area contributed by atoms with Crippen molar-refractivity contribution in [2.24, 2.45) is 5.92 Å². The fraction of sp³-hybridized carbons (Fsp3) is 0.545. The summed E-state index contributed by atoms with van der Waals surface area (Å²) < 4.78 is 12.1. The van der Waals surface area contributed by atoms with Gasteiger partial charge in [0.15, 0.2) is 0 Å². The zero-order valence-corrected chi connectivity index (χ0v) is 34.2. The van der Waals surface area contributed by atoms with Gasteiger partial charge in [0.25, 0.3) is 5.91 Å². The van der Waals surface area contributed by atoms with Crippen molar-refractivity contribution >= 4 is 17.7 Å². The van der Waals surface area contributed by atoms with Gasteiger partial charge in [0.05, 0.1) is 12.7 Å². The zero-order valence-electron chi connectivity index (χ0n) is 34.2. The molecule has 0 radical (unpaired) electrons. The molecule has 0 fully saturated rings. The highest BCUT2D eigenvalue weighted by atomic mass is 16.6. The molecule has 2 aromatic carbocycles. The Bertz CT molecular complexity index is 1420. The first-order valence-electron chi connectivity index (χ1n) is 19.0. The van der Waals surface area contributed by atoms with E-state index in [0.717, 1.165) is 59.5 Å². The maximum absolute atomic E-state index is 14.5. The van der Waals surface area contributed by atoms with Crippen molar-refractivity contribution in [1.82, 2.24) is 10.2 Å². The Labute approximate surface area is 311 Å². The van der Waals surface area contributed by atoms with Crippen molar-refractivity contribution in [1.29, 1.82) is 0 Å². The molecule has 7 heteroatoms. The Hall–Kier alpha value is -3.84. The third kappa shape index (κ3) is 16.8. The van der Waals surface area contributed by atoms with Gasteiger partial charge in [-0.3, -0.25) is 4.79 Å². The predicted octanol–water partition coefficient (Wildman–Crippen LogP) is 11.2. The molecule has 2 amide bonds. The molecule has 0 aliphatic rings. The first kappa shape index (κ1) is 45.2. The normalized spacial score (nSPS) is 13.7. The lowest BCUT2D eigenvalue weighted by atomic mass is 10.0. The Morgan fingerprint density at radius 2 is 1.57 bits per heavy atom. The Kier molecular flexibility index (Phi) is 20.9. The van der Waals surface area contributed by atoms with Crippen molar-refractivity contribution in [2.45, 2.75) is 127 Å². The second kappa shape index (κ2) is 23.6. The fourth-order valence-corrected chi connectivity index (χ4v) is 5.24. The molecule has 0 saturated carbocycles. The number of hydrogen-bond donors (Lipinski definition) is 1. The first-order valence-corrected chi connectivity index (χ1v) is 19.0. The third-order valence-corrected chi connectivity index (χ3v) is 8.56. The zero-order chi connectivity index (χ0) is 38.6. The quantitative estimate of drug-likeness (QED) is 0.124. The number of benzene rings is 2. The standard InChI is InChI=1S/C42H63N3O4.C2H6/c1-12-31(4)23-26-45(40(46)38(27-32(5)13-2)33(6)28-34(7)43-14-3)37-22-18-19-35(29-37)30-48-39(36-20-16-15-17-21-36)24-25-44(11)41(47)49-42(8,9)10;1-2/h15-22,27-29,31,39,43H,12-14,23-26,30H2,1-11H3;1-2H3/b32-27-,34-28+,38-33+;. The van der Waals surface area contributed by atoms with Crippen molar-refractivity contribution < 1.29 is 19.1 Å². The largest absolute Gasteiger partial charge is 0.444 e. The van der Waals surface area contributed by atoms with Crippen LogP contribution < -0.4 is 10.2 Å². The second-order valence-corrected chi connectivity index (χ2v) is 14.1. The van der Waals surface area contributed by atoms with E-state index in [1.165, 1.54) is 0 Å². The molecule has 0 saturated heterocycles. The molecule has 0 spiro atoms. The molecular formula is C44H69N3O4. The molecular weight excluding hydrogens is 635 g/mol. The van der Waals surface area contributed by atoms with E-state index in [0.29, 0.717) is 37.6 Å². The highest BCUT2D eigenvalue weighted by Crippen LogP contribution is 2.27. The van der Waals surface area contributed by atoms with Crippen molar-refractivity contribution in [3.8, 4) is 0 Å². The van der Waals surface area contributed by atoms with E-state index in [4.69, 9.17) is 9.47 Å². The number of nitrogens with one attached hydrogen (secondary N) is 1. The van der Waals surface area contributed by atoms with Gasteiger partial charge in [-0.2, -0.15) is 0 Å². The number of ether oxygens (including phenoxy) is 2. The van der Waals surface area contributed by atoms with Gasteiger partial charge in [0.1, 0.15) is 5.60 Å². The molecule has 51 heavy (non-hydrogen) atoms. The first-order chi connectivity index (χ1) is 24.2. The summed E-state index contributed by atoms with van der Waals surface area (Å²) >= 11 is 0. The number of rotatable bonds is 18. The maximum Gasteiger partial charge on any atom is 0.410 e. The van der Waals surface area contributed by atoms with Gasteiger partial charge in [0, 0.05) is 43.6 Å². The van der Waals surface area contributed by atoms with Crippen LogP contribution in [0.1, 0.15) is 126 Å². The predicted molar refractivity (Wildman–Crippen MR) is 216 cm³/mol. The monoisotopic (exact) mass is 704 g/mol. The Morgan fingerprint density at radius 3 is 2.16 bits per heavy atom. The molecule has 0 aromatic heterocycles. The Balaban J connectivity index is 0.00000638. The van der Waals surface area contributed by atoms with Crippen LogP contribution in [-0.4, -0.2) is 49.2 Å². The highest BCUT2D eigenvalue weighted by molar-refractivity contribution is 6.08. The summed E-state index contributed by atoms with van der Waals surface area (Å²) in [6, 6.07) is 18.2. The second-order valence-electron chi connectivity index (χ2n) is 14.1. The molecule has 2 rings (SSSR count). The molecule has 2 aromatic rings. The number of hydrogen-bond acceptors (Lipinski definition) is 5. The van der Waals surface area contributed by atoms with E-state index in [1.807, 2.05) is 89.8 Å². The summed E-state index contributed by atoms with van der Waals surface area (Å²) in [6.07, 6.45) is 6.97. The van der Waals surface area contributed by atoms with Crippen LogP contribution in [0.3, 0.4) is 0 Å². The summed E-state index contributed by atoms with van der Waals surface area (Å²) in [7, 11) is 1.75. The summed E-state index contributed by atoms with van der Waals surface area (Å²) in [4.78, 5) is 30.7. The van der Waals surface area contributed by atoms with E-state index in [1.54, 1.807) is 11.9 Å². The minimum absolute atomic E-state index is 0.000405.